The van der Waals surface area contributed by atoms with Gasteiger partial charge in [0.25, 0.3) is 0 Å². The quantitative estimate of drug-likeness (QED) is 0.841. The van der Waals surface area contributed by atoms with Crippen molar-refractivity contribution in [3.05, 3.63) is 42.5 Å². The van der Waals surface area contributed by atoms with Gasteiger partial charge in [0.2, 0.25) is 12.7 Å². The van der Waals surface area contributed by atoms with Crippen molar-refractivity contribution < 1.29 is 14.3 Å². The molecule has 1 fully saturated rings. The number of anilines is 3. The lowest BCUT2D eigenvalue weighted by Crippen LogP contribution is -2.32. The molecule has 6 heteroatoms. The van der Waals surface area contributed by atoms with Crippen molar-refractivity contribution in [1.82, 2.24) is 0 Å². The van der Waals surface area contributed by atoms with E-state index in [0.29, 0.717) is 17.2 Å². The maximum Gasteiger partial charge on any atom is 0.246 e. The molecular weight excluding hydrogens is 342 g/mol. The highest BCUT2D eigenvalue weighted by molar-refractivity contribution is 5.96. The molecule has 2 aliphatic heterocycles. The van der Waals surface area contributed by atoms with Crippen molar-refractivity contribution in [3.8, 4) is 11.5 Å². The summed E-state index contributed by atoms with van der Waals surface area (Å²) in [7, 11) is 0. The minimum atomic E-state index is -0.365. The smallest absolute Gasteiger partial charge is 0.246 e. The van der Waals surface area contributed by atoms with Gasteiger partial charge in [-0.05, 0) is 62.6 Å². The van der Waals surface area contributed by atoms with Crippen LogP contribution in [-0.4, -0.2) is 31.8 Å². The van der Waals surface area contributed by atoms with Crippen LogP contribution in [0.2, 0.25) is 0 Å². The number of benzene rings is 2. The van der Waals surface area contributed by atoms with Crippen LogP contribution in [0.15, 0.2) is 42.5 Å². The Morgan fingerprint density at radius 1 is 0.963 bits per heavy atom. The topological polar surface area (TPSA) is 62.8 Å². The molecule has 0 aromatic heterocycles. The maximum atomic E-state index is 12.5. The fourth-order valence-electron chi connectivity index (χ4n) is 3.46. The number of amides is 1. The van der Waals surface area contributed by atoms with E-state index < -0.39 is 0 Å². The van der Waals surface area contributed by atoms with Crippen LogP contribution >= 0.6 is 0 Å². The minimum absolute atomic E-state index is 0.103. The molecule has 1 atom stereocenters. The van der Waals surface area contributed by atoms with Crippen molar-refractivity contribution in [2.75, 3.05) is 35.4 Å². The van der Waals surface area contributed by atoms with Crippen LogP contribution in [0, 0.1) is 0 Å². The molecule has 6 nitrogen and oxygen atoms in total. The number of carbonyl (C=O) groups excluding carboxylic acids is 1. The van der Waals surface area contributed by atoms with Crippen molar-refractivity contribution in [3.63, 3.8) is 0 Å². The van der Waals surface area contributed by atoms with E-state index in [1.807, 2.05) is 25.1 Å². The Morgan fingerprint density at radius 3 is 2.44 bits per heavy atom. The van der Waals surface area contributed by atoms with Crippen LogP contribution in [0.3, 0.4) is 0 Å². The summed E-state index contributed by atoms with van der Waals surface area (Å²) in [4.78, 5) is 14.9. The third kappa shape index (κ3) is 4.10. The van der Waals surface area contributed by atoms with Crippen molar-refractivity contribution >= 4 is 23.0 Å². The molecule has 0 unspecified atom stereocenters. The molecule has 2 heterocycles. The highest BCUT2D eigenvalue weighted by Crippen LogP contribution is 2.34. The first-order valence-corrected chi connectivity index (χ1v) is 9.51. The monoisotopic (exact) mass is 367 g/mol. The van der Waals surface area contributed by atoms with Gasteiger partial charge in [-0.2, -0.15) is 0 Å². The molecule has 0 bridgehead atoms. The van der Waals surface area contributed by atoms with Crippen molar-refractivity contribution in [2.24, 2.45) is 0 Å². The van der Waals surface area contributed by atoms with Crippen LogP contribution < -0.4 is 25.0 Å². The fourth-order valence-corrected chi connectivity index (χ4v) is 3.46. The maximum absolute atomic E-state index is 12.5. The number of carbonyl (C=O) groups is 1. The summed E-state index contributed by atoms with van der Waals surface area (Å²) in [6.07, 6.45) is 3.85. The van der Waals surface area contributed by atoms with E-state index >= 15 is 0 Å². The molecular formula is C21H25N3O3. The highest BCUT2D eigenvalue weighted by atomic mass is 16.7. The lowest BCUT2D eigenvalue weighted by atomic mass is 10.1. The Balaban J connectivity index is 1.34. The number of rotatable bonds is 5. The van der Waals surface area contributed by atoms with Gasteiger partial charge in [-0.1, -0.05) is 0 Å². The van der Waals surface area contributed by atoms with E-state index in [4.69, 9.17) is 9.47 Å². The van der Waals surface area contributed by atoms with Crippen LogP contribution in [-0.2, 0) is 4.79 Å². The number of ether oxygens (including phenoxy) is 2. The largest absolute Gasteiger partial charge is 0.454 e. The van der Waals surface area contributed by atoms with Crippen molar-refractivity contribution in [1.29, 1.82) is 0 Å². The molecule has 4 rings (SSSR count). The number of nitrogens with zero attached hydrogens (tertiary/aromatic N) is 1. The molecule has 2 N–H and O–H groups in total. The predicted octanol–water partition coefficient (Wildman–Crippen LogP) is 3.84. The minimum Gasteiger partial charge on any atom is -0.454 e. The SMILES string of the molecule is C[C@H](Nc1ccc(N2CCCCC2)cc1)C(=O)Nc1ccc2c(c1)OCO2. The number of hydrogen-bond donors (Lipinski definition) is 2. The van der Waals surface area contributed by atoms with E-state index in [0.717, 1.165) is 18.8 Å². The third-order valence-electron chi connectivity index (χ3n) is 5.01. The Hall–Kier alpha value is -2.89. The normalized spacial score (nSPS) is 16.7. The number of fused-ring (bicyclic) bond motifs is 1. The Morgan fingerprint density at radius 2 is 1.67 bits per heavy atom. The van der Waals surface area contributed by atoms with Crippen molar-refractivity contribution in [2.45, 2.75) is 32.2 Å². The highest BCUT2D eigenvalue weighted by Gasteiger charge is 2.17. The summed E-state index contributed by atoms with van der Waals surface area (Å²) < 4.78 is 10.6. The average Bonchev–Trinajstić information content (AvgIpc) is 3.17. The molecule has 27 heavy (non-hydrogen) atoms. The average molecular weight is 367 g/mol. The van der Waals surface area contributed by atoms with Crippen LogP contribution in [0.4, 0.5) is 17.1 Å². The van der Waals surface area contributed by atoms with Gasteiger partial charge in [0.15, 0.2) is 11.5 Å². The second kappa shape index (κ2) is 7.78. The lowest BCUT2D eigenvalue weighted by molar-refractivity contribution is -0.116. The molecule has 2 aromatic carbocycles. The van der Waals surface area contributed by atoms with Gasteiger partial charge in [-0.25, -0.2) is 0 Å². The van der Waals surface area contributed by atoms with E-state index in [2.05, 4.69) is 27.7 Å². The Labute approximate surface area is 159 Å². The molecule has 1 saturated heterocycles. The van der Waals surface area contributed by atoms with Gasteiger partial charge >= 0.3 is 0 Å². The zero-order chi connectivity index (χ0) is 18.6. The summed E-state index contributed by atoms with van der Waals surface area (Å²) in [5.41, 5.74) is 2.88. The number of nitrogens with one attached hydrogen (secondary N) is 2. The van der Waals surface area contributed by atoms with Gasteiger partial charge in [0.1, 0.15) is 6.04 Å². The Kier molecular flexibility index (Phi) is 5.05. The molecule has 0 radical (unpaired) electrons. The standard InChI is InChI=1S/C21H25N3O3/c1-15(21(25)23-17-7-10-19-20(13-17)27-14-26-19)22-16-5-8-18(9-6-16)24-11-3-2-4-12-24/h5-10,13,15,22H,2-4,11-12,14H2,1H3,(H,23,25)/t15-/m0/s1. The first kappa shape index (κ1) is 17.5. The van der Waals surface area contributed by atoms with Gasteiger partial charge in [-0.15, -0.1) is 0 Å². The predicted molar refractivity (Wildman–Crippen MR) is 107 cm³/mol. The molecule has 142 valence electrons. The van der Waals surface area contributed by atoms with E-state index in [-0.39, 0.29) is 18.7 Å². The molecule has 0 saturated carbocycles. The summed E-state index contributed by atoms with van der Waals surface area (Å²) in [6, 6.07) is 13.3. The van der Waals surface area contributed by atoms with Gasteiger partial charge in [0.05, 0.1) is 0 Å². The third-order valence-corrected chi connectivity index (χ3v) is 5.01. The fraction of sp³-hybridized carbons (Fsp3) is 0.381. The second-order valence-corrected chi connectivity index (χ2v) is 7.02. The van der Waals surface area contributed by atoms with Crippen LogP contribution in [0.25, 0.3) is 0 Å². The van der Waals surface area contributed by atoms with Crippen LogP contribution in [0.1, 0.15) is 26.2 Å². The lowest BCUT2D eigenvalue weighted by Gasteiger charge is -2.29. The van der Waals surface area contributed by atoms with Gasteiger partial charge in [-0.3, -0.25) is 4.79 Å². The van der Waals surface area contributed by atoms with Crippen LogP contribution in [0.5, 0.6) is 11.5 Å². The molecule has 2 aromatic rings. The van der Waals surface area contributed by atoms with E-state index in [9.17, 15) is 4.79 Å². The first-order chi connectivity index (χ1) is 13.2. The summed E-state index contributed by atoms with van der Waals surface area (Å²) in [6.45, 7) is 4.32. The number of piperidine rings is 1. The van der Waals surface area contributed by atoms with E-state index in [1.165, 1.54) is 24.9 Å². The second-order valence-electron chi connectivity index (χ2n) is 7.02. The van der Waals surface area contributed by atoms with Gasteiger partial charge < -0.3 is 25.0 Å². The molecule has 0 spiro atoms. The zero-order valence-electron chi connectivity index (χ0n) is 15.5. The summed E-state index contributed by atoms with van der Waals surface area (Å²) in [5.74, 6) is 1.25. The molecule has 2 aliphatic rings. The summed E-state index contributed by atoms with van der Waals surface area (Å²) >= 11 is 0. The summed E-state index contributed by atoms with van der Waals surface area (Å²) in [5, 5.41) is 6.17. The number of hydrogen-bond acceptors (Lipinski definition) is 5. The van der Waals surface area contributed by atoms with E-state index in [1.54, 1.807) is 12.1 Å². The Bertz CT molecular complexity index is 801. The zero-order valence-corrected chi connectivity index (χ0v) is 15.5. The molecule has 1 amide bonds. The van der Waals surface area contributed by atoms with Gasteiger partial charge in [0, 0.05) is 36.2 Å². The first-order valence-electron chi connectivity index (χ1n) is 9.51. The molecule has 0 aliphatic carbocycles.